The van der Waals surface area contributed by atoms with Gasteiger partial charge in [0.25, 0.3) is 0 Å². The highest BCUT2D eigenvalue weighted by molar-refractivity contribution is 4.96. The Balaban J connectivity index is 1.85. The highest BCUT2D eigenvalue weighted by atomic mass is 16.8. The maximum atomic E-state index is 10.8. The highest BCUT2D eigenvalue weighted by Gasteiger charge is 2.53. The van der Waals surface area contributed by atoms with Crippen LogP contribution in [0.5, 0.6) is 0 Å². The smallest absolute Gasteiger partial charge is 0.187 e. The zero-order valence-corrected chi connectivity index (χ0v) is 18.4. The van der Waals surface area contributed by atoms with Crippen LogP contribution in [0.2, 0.25) is 0 Å². The largest absolute Gasteiger partial charge is 0.394 e. The van der Waals surface area contributed by atoms with Crippen molar-refractivity contribution in [3.63, 3.8) is 0 Å². The van der Waals surface area contributed by atoms with Crippen molar-refractivity contribution in [2.24, 2.45) is 0 Å². The molecule has 0 amide bonds. The lowest BCUT2D eigenvalue weighted by Crippen LogP contribution is -2.66. The Bertz CT molecular complexity index is 625. The summed E-state index contributed by atoms with van der Waals surface area (Å²) in [5, 5.41) is 81.2. The number of aliphatic hydroxyl groups is 8. The predicted octanol–water partition coefficient (Wildman–Crippen LogP) is -4.86. The van der Waals surface area contributed by atoms with Crippen LogP contribution < -0.4 is 0 Å². The third-order valence-electron chi connectivity index (χ3n) is 6.23. The number of hydrogen-bond acceptors (Lipinski definition) is 14. The van der Waals surface area contributed by atoms with E-state index in [4.69, 9.17) is 28.4 Å². The van der Waals surface area contributed by atoms with E-state index in [2.05, 4.69) is 0 Å². The first-order chi connectivity index (χ1) is 15.5. The second kappa shape index (κ2) is 11.0. The van der Waals surface area contributed by atoms with Crippen molar-refractivity contribution in [3.8, 4) is 0 Å². The summed E-state index contributed by atoms with van der Waals surface area (Å²) >= 11 is 0. The minimum atomic E-state index is -1.70. The molecule has 3 saturated heterocycles. The topological polar surface area (TPSA) is 217 Å². The predicted molar refractivity (Wildman–Crippen MR) is 103 cm³/mol. The van der Waals surface area contributed by atoms with E-state index < -0.39 is 98.7 Å². The third kappa shape index (κ3) is 5.34. The van der Waals surface area contributed by atoms with Crippen LogP contribution in [0.15, 0.2) is 0 Å². The Hall–Kier alpha value is -0.560. The van der Waals surface area contributed by atoms with E-state index in [0.29, 0.717) is 0 Å². The molecule has 0 saturated carbocycles. The normalized spacial score (nSPS) is 53.7. The summed E-state index contributed by atoms with van der Waals surface area (Å²) in [6.07, 6.45) is -21.1. The van der Waals surface area contributed by atoms with Gasteiger partial charge in [0.15, 0.2) is 18.9 Å². The molecule has 3 aliphatic heterocycles. The second-order valence-corrected chi connectivity index (χ2v) is 8.52. The molecule has 15 atom stereocenters. The number of methoxy groups -OCH3 is 1. The molecule has 3 rings (SSSR count). The monoisotopic (exact) mass is 486 g/mol. The lowest BCUT2D eigenvalue weighted by atomic mass is 9.96. The summed E-state index contributed by atoms with van der Waals surface area (Å²) in [7, 11) is 1.24. The summed E-state index contributed by atoms with van der Waals surface area (Å²) in [6, 6.07) is 0. The minimum Gasteiger partial charge on any atom is -0.394 e. The van der Waals surface area contributed by atoms with Gasteiger partial charge in [-0.3, -0.25) is 0 Å². The number of rotatable bonds is 6. The van der Waals surface area contributed by atoms with Crippen LogP contribution in [0.1, 0.15) is 13.8 Å². The van der Waals surface area contributed by atoms with Crippen molar-refractivity contribution in [2.75, 3.05) is 13.7 Å². The zero-order chi connectivity index (χ0) is 24.6. The molecule has 3 aliphatic rings. The first-order valence-corrected chi connectivity index (χ1v) is 10.7. The van der Waals surface area contributed by atoms with Gasteiger partial charge < -0.3 is 69.3 Å². The molecular formula is C19H34O14. The number of ether oxygens (including phenoxy) is 6. The maximum Gasteiger partial charge on any atom is 0.187 e. The molecule has 0 aromatic heterocycles. The first-order valence-electron chi connectivity index (χ1n) is 10.7. The summed E-state index contributed by atoms with van der Waals surface area (Å²) in [4.78, 5) is 0. The van der Waals surface area contributed by atoms with Crippen molar-refractivity contribution in [1.29, 1.82) is 0 Å². The Kier molecular flexibility index (Phi) is 9.02. The van der Waals surface area contributed by atoms with Crippen molar-refractivity contribution in [3.05, 3.63) is 0 Å². The van der Waals surface area contributed by atoms with Crippen LogP contribution in [0.4, 0.5) is 0 Å². The van der Waals surface area contributed by atoms with E-state index in [-0.39, 0.29) is 0 Å². The van der Waals surface area contributed by atoms with Gasteiger partial charge >= 0.3 is 0 Å². The molecule has 0 aliphatic carbocycles. The Morgan fingerprint density at radius 1 is 0.576 bits per heavy atom. The Morgan fingerprint density at radius 3 is 1.45 bits per heavy atom. The maximum absolute atomic E-state index is 10.8. The summed E-state index contributed by atoms with van der Waals surface area (Å²) in [5.74, 6) is 0. The lowest BCUT2D eigenvalue weighted by Gasteiger charge is -2.48. The van der Waals surface area contributed by atoms with Gasteiger partial charge in [-0.2, -0.15) is 0 Å². The van der Waals surface area contributed by atoms with Gasteiger partial charge in [-0.05, 0) is 13.8 Å². The molecule has 0 aromatic carbocycles. The molecule has 0 aromatic rings. The first kappa shape index (κ1) is 27.0. The average molecular weight is 486 g/mol. The molecule has 3 fully saturated rings. The molecule has 14 nitrogen and oxygen atoms in total. The van der Waals surface area contributed by atoms with Crippen LogP contribution in [0.3, 0.4) is 0 Å². The van der Waals surface area contributed by atoms with Gasteiger partial charge in [0.05, 0.1) is 18.8 Å². The minimum absolute atomic E-state index is 0.646. The summed E-state index contributed by atoms with van der Waals surface area (Å²) in [5.41, 5.74) is 0. The van der Waals surface area contributed by atoms with Crippen molar-refractivity contribution < 1.29 is 69.3 Å². The van der Waals surface area contributed by atoms with E-state index in [1.54, 1.807) is 0 Å². The zero-order valence-electron chi connectivity index (χ0n) is 18.4. The van der Waals surface area contributed by atoms with Gasteiger partial charge in [-0.25, -0.2) is 0 Å². The molecule has 0 bridgehead atoms. The van der Waals surface area contributed by atoms with Crippen molar-refractivity contribution in [1.82, 2.24) is 0 Å². The SMILES string of the molecule is CO[C@H]1O[C@H](CO)[C@H](O[C@@H]2O[C@@H](C)[C@@H](O)[C@@H](O)[C@@H]2O)[C@H](O[C@H]2O[C@@H](C)[C@@H](O)[C@@H](O)[C@@H]2O)[C@H]1O. The summed E-state index contributed by atoms with van der Waals surface area (Å²) < 4.78 is 32.9. The van der Waals surface area contributed by atoms with E-state index in [1.807, 2.05) is 0 Å². The molecular weight excluding hydrogens is 452 g/mol. The lowest BCUT2D eigenvalue weighted by molar-refractivity contribution is -0.382. The molecule has 0 radical (unpaired) electrons. The van der Waals surface area contributed by atoms with Gasteiger partial charge in [0.1, 0.15) is 61.0 Å². The fourth-order valence-corrected chi connectivity index (χ4v) is 4.12. The molecule has 0 unspecified atom stereocenters. The fourth-order valence-electron chi connectivity index (χ4n) is 4.12. The second-order valence-electron chi connectivity index (χ2n) is 8.52. The standard InChI is InChI=1S/C19H34O14/c1-5-8(21)10(23)12(25)18(29-5)32-15-7(4-20)31-17(28-3)14(27)16(15)33-19-13(26)11(24)9(22)6(2)30-19/h5-27H,4H2,1-3H3/t5-,6-,7+,8+,9+,10+,11+,12-,13-,14+,15-,16+,17-,18-,19+/m0/s1. The van der Waals surface area contributed by atoms with Crippen LogP contribution in [0, 0.1) is 0 Å². The van der Waals surface area contributed by atoms with E-state index in [1.165, 1.54) is 21.0 Å². The molecule has 14 heteroatoms. The van der Waals surface area contributed by atoms with Crippen LogP contribution >= 0.6 is 0 Å². The molecule has 33 heavy (non-hydrogen) atoms. The number of hydrogen-bond donors (Lipinski definition) is 8. The van der Waals surface area contributed by atoms with Crippen LogP contribution in [0.25, 0.3) is 0 Å². The van der Waals surface area contributed by atoms with Gasteiger partial charge in [-0.15, -0.1) is 0 Å². The van der Waals surface area contributed by atoms with E-state index in [9.17, 15) is 40.9 Å². The quantitative estimate of drug-likeness (QED) is 0.177. The molecule has 8 N–H and O–H groups in total. The Morgan fingerprint density at radius 2 is 1.03 bits per heavy atom. The van der Waals surface area contributed by atoms with Crippen molar-refractivity contribution in [2.45, 2.75) is 106 Å². The van der Waals surface area contributed by atoms with Crippen LogP contribution in [-0.4, -0.2) is 147 Å². The van der Waals surface area contributed by atoms with Crippen molar-refractivity contribution >= 4 is 0 Å². The molecule has 3 heterocycles. The fraction of sp³-hybridized carbons (Fsp3) is 1.00. The molecule has 0 spiro atoms. The van der Waals surface area contributed by atoms with E-state index >= 15 is 0 Å². The third-order valence-corrected chi connectivity index (χ3v) is 6.23. The highest BCUT2D eigenvalue weighted by Crippen LogP contribution is 2.33. The van der Waals surface area contributed by atoms with Crippen LogP contribution in [-0.2, 0) is 28.4 Å². The average Bonchev–Trinajstić information content (AvgIpc) is 2.80. The van der Waals surface area contributed by atoms with Gasteiger partial charge in [0.2, 0.25) is 0 Å². The Labute approximate surface area is 189 Å². The molecule has 194 valence electrons. The number of aliphatic hydroxyl groups excluding tert-OH is 8. The van der Waals surface area contributed by atoms with Gasteiger partial charge in [-0.1, -0.05) is 0 Å². The van der Waals surface area contributed by atoms with E-state index in [0.717, 1.165) is 0 Å². The van der Waals surface area contributed by atoms with Gasteiger partial charge in [0, 0.05) is 7.11 Å². The summed E-state index contributed by atoms with van der Waals surface area (Å²) in [6.45, 7) is 2.24.